The van der Waals surface area contributed by atoms with E-state index < -0.39 is 0 Å². The van der Waals surface area contributed by atoms with Crippen LogP contribution in [0.1, 0.15) is 58.4 Å². The molecule has 2 aromatic rings. The molecule has 0 heterocycles. The van der Waals surface area contributed by atoms with Crippen molar-refractivity contribution in [2.24, 2.45) is 0 Å². The van der Waals surface area contributed by atoms with E-state index in [9.17, 15) is 9.59 Å². The molecule has 3 rings (SSSR count). The van der Waals surface area contributed by atoms with Gasteiger partial charge in [-0.05, 0) is 49.2 Å². The summed E-state index contributed by atoms with van der Waals surface area (Å²) in [6, 6.07) is 15.7. The van der Waals surface area contributed by atoms with E-state index in [1.165, 1.54) is 6.42 Å². The molecule has 1 fully saturated rings. The topological polar surface area (TPSA) is 82.0 Å². The van der Waals surface area contributed by atoms with E-state index >= 15 is 0 Å². The normalized spacial score (nSPS) is 14.3. The monoisotopic (exact) mass is 347 g/mol. The first-order valence-corrected chi connectivity index (χ1v) is 8.89. The lowest BCUT2D eigenvalue weighted by Crippen LogP contribution is -2.36. The van der Waals surface area contributed by atoms with Crippen LogP contribution in [0.5, 0.6) is 0 Å². The fourth-order valence-corrected chi connectivity index (χ4v) is 3.17. The average molecular weight is 347 g/mol. The van der Waals surface area contributed by atoms with Crippen molar-refractivity contribution >= 4 is 17.5 Å². The smallest absolute Gasteiger partial charge is 0.255 e. The zero-order chi connectivity index (χ0) is 18.4. The zero-order valence-electron chi connectivity index (χ0n) is 14.5. The van der Waals surface area contributed by atoms with Crippen LogP contribution in [0.2, 0.25) is 0 Å². The molecule has 0 spiro atoms. The number of rotatable bonds is 4. The van der Waals surface area contributed by atoms with Gasteiger partial charge in [0.05, 0.1) is 11.3 Å². The molecule has 5 nitrogen and oxygen atoms in total. The van der Waals surface area contributed by atoms with Gasteiger partial charge in [-0.2, -0.15) is 5.26 Å². The Labute approximate surface area is 153 Å². The van der Waals surface area contributed by atoms with Crippen molar-refractivity contribution < 1.29 is 9.59 Å². The molecule has 26 heavy (non-hydrogen) atoms. The maximum absolute atomic E-state index is 12.4. The molecule has 0 unspecified atom stereocenters. The predicted molar refractivity (Wildman–Crippen MR) is 99.9 cm³/mol. The van der Waals surface area contributed by atoms with Crippen LogP contribution in [0.3, 0.4) is 0 Å². The maximum atomic E-state index is 12.4. The van der Waals surface area contributed by atoms with Gasteiger partial charge in [-0.3, -0.25) is 9.59 Å². The van der Waals surface area contributed by atoms with E-state index in [0.29, 0.717) is 22.4 Å². The number of nitriles is 1. The zero-order valence-corrected chi connectivity index (χ0v) is 14.5. The van der Waals surface area contributed by atoms with Gasteiger partial charge in [0.25, 0.3) is 11.8 Å². The number of hydrogen-bond donors (Lipinski definition) is 2. The van der Waals surface area contributed by atoms with Gasteiger partial charge in [-0.1, -0.05) is 31.4 Å². The quantitative estimate of drug-likeness (QED) is 0.881. The van der Waals surface area contributed by atoms with Crippen LogP contribution in [0.15, 0.2) is 48.5 Å². The van der Waals surface area contributed by atoms with Crippen molar-refractivity contribution in [3.05, 3.63) is 65.2 Å². The third kappa shape index (κ3) is 4.28. The standard InChI is InChI=1S/C21H21N3O2/c22-14-17-6-4-5-9-19(17)24-21(26)16-12-10-15(11-13-16)20(25)23-18-7-2-1-3-8-18/h4-6,9-13,18H,1-3,7-8H2,(H,23,25)(H,24,26). The summed E-state index contributed by atoms with van der Waals surface area (Å²) >= 11 is 0. The van der Waals surface area contributed by atoms with Crippen LogP contribution < -0.4 is 10.6 Å². The second-order valence-corrected chi connectivity index (χ2v) is 6.50. The molecule has 132 valence electrons. The number of hydrogen-bond acceptors (Lipinski definition) is 3. The largest absolute Gasteiger partial charge is 0.349 e. The number of anilines is 1. The van der Waals surface area contributed by atoms with Gasteiger partial charge >= 0.3 is 0 Å². The molecule has 0 aliphatic heterocycles. The second kappa shape index (κ2) is 8.30. The molecule has 0 saturated heterocycles. The van der Waals surface area contributed by atoms with E-state index in [4.69, 9.17) is 5.26 Å². The minimum absolute atomic E-state index is 0.0984. The van der Waals surface area contributed by atoms with Crippen LogP contribution in [0.4, 0.5) is 5.69 Å². The van der Waals surface area contributed by atoms with Crippen molar-refractivity contribution in [1.82, 2.24) is 5.32 Å². The van der Waals surface area contributed by atoms with Crippen molar-refractivity contribution in [2.75, 3.05) is 5.32 Å². The van der Waals surface area contributed by atoms with Gasteiger partial charge in [-0.25, -0.2) is 0 Å². The first-order valence-electron chi connectivity index (χ1n) is 8.89. The highest BCUT2D eigenvalue weighted by molar-refractivity contribution is 6.05. The number of nitrogens with zero attached hydrogens (tertiary/aromatic N) is 1. The lowest BCUT2D eigenvalue weighted by Gasteiger charge is -2.22. The number of nitrogens with one attached hydrogen (secondary N) is 2. The number of carbonyl (C=O) groups is 2. The van der Waals surface area contributed by atoms with Crippen molar-refractivity contribution in [1.29, 1.82) is 5.26 Å². The summed E-state index contributed by atoms with van der Waals surface area (Å²) in [5.41, 5.74) is 1.86. The molecule has 5 heteroatoms. The summed E-state index contributed by atoms with van der Waals surface area (Å²) in [6.07, 6.45) is 5.63. The molecular formula is C21H21N3O2. The van der Waals surface area contributed by atoms with E-state index in [-0.39, 0.29) is 17.9 Å². The molecule has 1 saturated carbocycles. The number of benzene rings is 2. The molecule has 0 atom stereocenters. The lowest BCUT2D eigenvalue weighted by molar-refractivity contribution is 0.0926. The van der Waals surface area contributed by atoms with Crippen molar-refractivity contribution in [2.45, 2.75) is 38.1 Å². The molecule has 2 aromatic carbocycles. The summed E-state index contributed by atoms with van der Waals surface area (Å²) in [4.78, 5) is 24.7. The van der Waals surface area contributed by atoms with Gasteiger partial charge in [0.2, 0.25) is 0 Å². The Morgan fingerprint density at radius 2 is 1.50 bits per heavy atom. The Kier molecular flexibility index (Phi) is 5.65. The summed E-state index contributed by atoms with van der Waals surface area (Å²) in [5.74, 6) is -0.411. The molecular weight excluding hydrogens is 326 g/mol. The van der Waals surface area contributed by atoms with Crippen LogP contribution >= 0.6 is 0 Å². The van der Waals surface area contributed by atoms with Gasteiger partial charge in [0.15, 0.2) is 0 Å². The number of amides is 2. The predicted octanol–water partition coefficient (Wildman–Crippen LogP) is 3.87. The van der Waals surface area contributed by atoms with Crippen molar-refractivity contribution in [3.8, 4) is 6.07 Å². The Balaban J connectivity index is 1.64. The van der Waals surface area contributed by atoms with Gasteiger partial charge < -0.3 is 10.6 Å². The average Bonchev–Trinajstić information content (AvgIpc) is 2.69. The summed E-state index contributed by atoms with van der Waals surface area (Å²) in [6.45, 7) is 0. The number of carbonyl (C=O) groups excluding carboxylic acids is 2. The first-order chi connectivity index (χ1) is 12.7. The highest BCUT2D eigenvalue weighted by Gasteiger charge is 2.17. The summed E-state index contributed by atoms with van der Waals surface area (Å²) < 4.78 is 0. The highest BCUT2D eigenvalue weighted by Crippen LogP contribution is 2.18. The Morgan fingerprint density at radius 3 is 2.15 bits per heavy atom. The molecule has 0 bridgehead atoms. The van der Waals surface area contributed by atoms with Crippen LogP contribution in [0, 0.1) is 11.3 Å². The number of para-hydroxylation sites is 1. The van der Waals surface area contributed by atoms with E-state index in [1.807, 2.05) is 6.07 Å². The molecule has 2 N–H and O–H groups in total. The van der Waals surface area contributed by atoms with Gasteiger partial charge in [-0.15, -0.1) is 0 Å². The van der Waals surface area contributed by atoms with Gasteiger partial charge in [0.1, 0.15) is 6.07 Å². The third-order valence-corrected chi connectivity index (χ3v) is 4.65. The SMILES string of the molecule is N#Cc1ccccc1NC(=O)c1ccc(C(=O)NC2CCCCC2)cc1. The minimum atomic E-state index is -0.313. The molecule has 1 aliphatic rings. The second-order valence-electron chi connectivity index (χ2n) is 6.50. The van der Waals surface area contributed by atoms with E-state index in [1.54, 1.807) is 48.5 Å². The van der Waals surface area contributed by atoms with Gasteiger partial charge in [0, 0.05) is 17.2 Å². The Hall–Kier alpha value is -3.13. The molecule has 1 aliphatic carbocycles. The van der Waals surface area contributed by atoms with Crippen LogP contribution in [-0.2, 0) is 0 Å². The van der Waals surface area contributed by atoms with Crippen molar-refractivity contribution in [3.63, 3.8) is 0 Å². The maximum Gasteiger partial charge on any atom is 0.255 e. The first kappa shape index (κ1) is 17.7. The lowest BCUT2D eigenvalue weighted by atomic mass is 9.95. The highest BCUT2D eigenvalue weighted by atomic mass is 16.2. The fraction of sp³-hybridized carbons (Fsp3) is 0.286. The Morgan fingerprint density at radius 1 is 0.885 bits per heavy atom. The summed E-state index contributed by atoms with van der Waals surface area (Å²) in [5, 5.41) is 14.9. The Bertz CT molecular complexity index is 831. The van der Waals surface area contributed by atoms with Crippen LogP contribution in [-0.4, -0.2) is 17.9 Å². The molecule has 2 amide bonds. The third-order valence-electron chi connectivity index (χ3n) is 4.65. The molecule has 0 aromatic heterocycles. The minimum Gasteiger partial charge on any atom is -0.349 e. The fourth-order valence-electron chi connectivity index (χ4n) is 3.17. The van der Waals surface area contributed by atoms with Crippen LogP contribution in [0.25, 0.3) is 0 Å². The van der Waals surface area contributed by atoms with E-state index in [0.717, 1.165) is 25.7 Å². The molecule has 0 radical (unpaired) electrons. The van der Waals surface area contributed by atoms with E-state index in [2.05, 4.69) is 10.6 Å². The summed E-state index contributed by atoms with van der Waals surface area (Å²) in [7, 11) is 0.